The zero-order chi connectivity index (χ0) is 17.8. The minimum atomic E-state index is -0.411. The highest BCUT2D eigenvalue weighted by Crippen LogP contribution is 2.23. The maximum absolute atomic E-state index is 10.1. The molecule has 1 aromatic rings. The molecule has 0 unspecified atom stereocenters. The number of methoxy groups -OCH3 is 1. The van der Waals surface area contributed by atoms with Crippen molar-refractivity contribution in [2.75, 3.05) is 7.11 Å². The van der Waals surface area contributed by atoms with E-state index in [1.54, 1.807) is 19.2 Å². The van der Waals surface area contributed by atoms with Gasteiger partial charge in [0.25, 0.3) is 0 Å². The van der Waals surface area contributed by atoms with Crippen molar-refractivity contribution in [2.45, 2.75) is 83.3 Å². The van der Waals surface area contributed by atoms with Gasteiger partial charge in [-0.3, -0.25) is 0 Å². The van der Waals surface area contributed by atoms with Crippen molar-refractivity contribution in [3.8, 4) is 11.5 Å². The molecule has 4 heteroatoms. The number of phenols is 1. The lowest BCUT2D eigenvalue weighted by Crippen LogP contribution is -2.10. The molecule has 0 amide bonds. The van der Waals surface area contributed by atoms with Crippen LogP contribution in [0.1, 0.15) is 70.3 Å². The van der Waals surface area contributed by atoms with Crippen LogP contribution in [0.2, 0.25) is 0 Å². The lowest BCUT2D eigenvalue weighted by Gasteiger charge is -2.13. The van der Waals surface area contributed by atoms with E-state index in [2.05, 4.69) is 6.92 Å². The number of hydrogen-bond acceptors (Lipinski definition) is 4. The molecule has 0 heterocycles. The molecule has 0 bridgehead atoms. The molecular weight excluding hydrogens is 304 g/mol. The molecule has 4 nitrogen and oxygen atoms in total. The summed E-state index contributed by atoms with van der Waals surface area (Å²) in [5, 5.41) is 29.6. The second-order valence-corrected chi connectivity index (χ2v) is 6.68. The summed E-state index contributed by atoms with van der Waals surface area (Å²) >= 11 is 0. The molecule has 0 aromatic heterocycles. The van der Waals surface area contributed by atoms with Crippen molar-refractivity contribution in [2.24, 2.45) is 0 Å². The summed E-state index contributed by atoms with van der Waals surface area (Å²) in [6.07, 6.45) is 8.97. The van der Waals surface area contributed by atoms with Crippen LogP contribution >= 0.6 is 0 Å². The highest BCUT2D eigenvalue weighted by Gasteiger charge is 2.09. The van der Waals surface area contributed by atoms with Gasteiger partial charge in [-0.1, -0.05) is 45.4 Å². The van der Waals surface area contributed by atoms with E-state index in [1.807, 2.05) is 6.07 Å². The number of benzene rings is 1. The number of aliphatic hydroxyl groups excluding tert-OH is 2. The van der Waals surface area contributed by atoms with Gasteiger partial charge in [0.2, 0.25) is 0 Å². The average Bonchev–Trinajstić information content (AvgIpc) is 2.54. The van der Waals surface area contributed by atoms with Gasteiger partial charge in [-0.2, -0.15) is 0 Å². The summed E-state index contributed by atoms with van der Waals surface area (Å²) in [5.74, 6) is 0.767. The average molecular weight is 338 g/mol. The Bertz CT molecular complexity index is 447. The summed E-state index contributed by atoms with van der Waals surface area (Å²) in [6.45, 7) is 2.17. The fraction of sp³-hybridized carbons (Fsp3) is 0.700. The number of aromatic hydroxyl groups is 1. The van der Waals surface area contributed by atoms with Crippen LogP contribution in [0.15, 0.2) is 18.2 Å². The Morgan fingerprint density at radius 3 is 2.12 bits per heavy atom. The minimum Gasteiger partial charge on any atom is -0.508 e. The summed E-state index contributed by atoms with van der Waals surface area (Å²) < 4.78 is 5.12. The third-order valence-electron chi connectivity index (χ3n) is 4.37. The molecule has 0 fully saturated rings. The molecule has 0 radical (unpaired) electrons. The van der Waals surface area contributed by atoms with Crippen molar-refractivity contribution in [3.05, 3.63) is 23.8 Å². The quantitative estimate of drug-likeness (QED) is 0.472. The van der Waals surface area contributed by atoms with Gasteiger partial charge < -0.3 is 20.1 Å². The number of hydrogen-bond donors (Lipinski definition) is 3. The number of unbranched alkanes of at least 4 members (excludes halogenated alkanes) is 4. The fourth-order valence-electron chi connectivity index (χ4n) is 2.96. The number of rotatable bonds is 13. The highest BCUT2D eigenvalue weighted by atomic mass is 16.5. The maximum atomic E-state index is 10.1. The Balaban J connectivity index is 2.16. The topological polar surface area (TPSA) is 69.9 Å². The fourth-order valence-corrected chi connectivity index (χ4v) is 2.96. The van der Waals surface area contributed by atoms with E-state index in [9.17, 15) is 15.3 Å². The molecule has 0 spiro atoms. The number of aliphatic hydroxyl groups is 2. The molecule has 1 rings (SSSR count). The molecule has 0 saturated heterocycles. The number of ether oxygens (including phenoxy) is 1. The zero-order valence-corrected chi connectivity index (χ0v) is 15.2. The standard InChI is InChI=1S/C20H34O4/c1-3-4-6-9-17(21)10-7-5-8-11-18(22)12-16-13-19(23)15-20(14-16)24-2/h13-15,17-18,21-23H,3-12H2,1-2H3/t17-,18+/m0/s1. The van der Waals surface area contributed by atoms with E-state index < -0.39 is 6.10 Å². The number of phenolic OH excluding ortho intramolecular Hbond substituents is 1. The van der Waals surface area contributed by atoms with E-state index >= 15 is 0 Å². The molecule has 3 N–H and O–H groups in total. The second-order valence-electron chi connectivity index (χ2n) is 6.68. The first-order valence-corrected chi connectivity index (χ1v) is 9.28. The third kappa shape index (κ3) is 9.14. The Kier molecular flexibility index (Phi) is 10.5. The predicted molar refractivity (Wildman–Crippen MR) is 97.6 cm³/mol. The van der Waals surface area contributed by atoms with Crippen LogP contribution in [-0.2, 0) is 6.42 Å². The SMILES string of the molecule is CCCCC[C@H](O)CCCCC[C@@H](O)Cc1cc(O)cc(OC)c1. The molecule has 1 aromatic carbocycles. The van der Waals surface area contributed by atoms with E-state index in [0.29, 0.717) is 12.2 Å². The van der Waals surface area contributed by atoms with Gasteiger partial charge >= 0.3 is 0 Å². The molecule has 0 saturated carbocycles. The van der Waals surface area contributed by atoms with Gasteiger partial charge in [-0.15, -0.1) is 0 Å². The van der Waals surface area contributed by atoms with Crippen LogP contribution in [0.25, 0.3) is 0 Å². The van der Waals surface area contributed by atoms with Gasteiger partial charge in [0, 0.05) is 6.07 Å². The Labute approximate surface area is 146 Å². The molecule has 0 aliphatic carbocycles. The normalized spacial score (nSPS) is 13.7. The van der Waals surface area contributed by atoms with E-state index in [1.165, 1.54) is 12.8 Å². The van der Waals surface area contributed by atoms with Gasteiger partial charge in [0.15, 0.2) is 0 Å². The summed E-state index contributed by atoms with van der Waals surface area (Å²) in [4.78, 5) is 0. The summed E-state index contributed by atoms with van der Waals surface area (Å²) in [7, 11) is 1.56. The van der Waals surface area contributed by atoms with Crippen LogP contribution in [0.5, 0.6) is 11.5 Å². The van der Waals surface area contributed by atoms with Crippen LogP contribution in [-0.4, -0.2) is 34.6 Å². The molecule has 138 valence electrons. The van der Waals surface area contributed by atoms with Crippen molar-refractivity contribution in [1.82, 2.24) is 0 Å². The monoisotopic (exact) mass is 338 g/mol. The van der Waals surface area contributed by atoms with Crippen molar-refractivity contribution in [3.63, 3.8) is 0 Å². The molecule has 0 aliphatic rings. The van der Waals surface area contributed by atoms with Crippen LogP contribution in [0.4, 0.5) is 0 Å². The molecular formula is C20H34O4. The maximum Gasteiger partial charge on any atom is 0.122 e. The minimum absolute atomic E-state index is 0.161. The lowest BCUT2D eigenvalue weighted by atomic mass is 10.0. The largest absolute Gasteiger partial charge is 0.508 e. The highest BCUT2D eigenvalue weighted by molar-refractivity contribution is 5.37. The zero-order valence-electron chi connectivity index (χ0n) is 15.2. The Morgan fingerprint density at radius 1 is 0.875 bits per heavy atom. The smallest absolute Gasteiger partial charge is 0.122 e. The lowest BCUT2D eigenvalue weighted by molar-refractivity contribution is 0.143. The van der Waals surface area contributed by atoms with Crippen molar-refractivity contribution < 1.29 is 20.1 Å². The van der Waals surface area contributed by atoms with Gasteiger partial charge in [-0.25, -0.2) is 0 Å². The first-order chi connectivity index (χ1) is 11.5. The van der Waals surface area contributed by atoms with Gasteiger partial charge in [0.05, 0.1) is 19.3 Å². The second kappa shape index (κ2) is 12.2. The van der Waals surface area contributed by atoms with Crippen LogP contribution < -0.4 is 4.74 Å². The van der Waals surface area contributed by atoms with E-state index in [-0.39, 0.29) is 11.9 Å². The van der Waals surface area contributed by atoms with Gasteiger partial charge in [-0.05, 0) is 43.4 Å². The first-order valence-electron chi connectivity index (χ1n) is 9.28. The Morgan fingerprint density at radius 2 is 1.50 bits per heavy atom. The summed E-state index contributed by atoms with van der Waals surface area (Å²) in [5.41, 5.74) is 0.880. The van der Waals surface area contributed by atoms with Crippen LogP contribution in [0.3, 0.4) is 0 Å². The molecule has 24 heavy (non-hydrogen) atoms. The van der Waals surface area contributed by atoms with Crippen molar-refractivity contribution in [1.29, 1.82) is 0 Å². The summed E-state index contributed by atoms with van der Waals surface area (Å²) in [6, 6.07) is 5.07. The molecule has 0 aliphatic heterocycles. The first kappa shape index (κ1) is 20.8. The van der Waals surface area contributed by atoms with Gasteiger partial charge in [0.1, 0.15) is 11.5 Å². The van der Waals surface area contributed by atoms with Crippen LogP contribution in [0, 0.1) is 0 Å². The van der Waals surface area contributed by atoms with Crippen molar-refractivity contribution >= 4 is 0 Å². The third-order valence-corrected chi connectivity index (χ3v) is 4.37. The predicted octanol–water partition coefficient (Wildman–Crippen LogP) is 4.20. The molecule has 2 atom stereocenters. The van der Waals surface area contributed by atoms with E-state index in [0.717, 1.165) is 50.5 Å². The Hall–Kier alpha value is -1.26. The van der Waals surface area contributed by atoms with E-state index in [4.69, 9.17) is 4.74 Å².